The van der Waals surface area contributed by atoms with E-state index in [0.29, 0.717) is 11.5 Å². The van der Waals surface area contributed by atoms with Gasteiger partial charge < -0.3 is 4.90 Å². The van der Waals surface area contributed by atoms with Gasteiger partial charge in [-0.3, -0.25) is 4.79 Å². The maximum atomic E-state index is 13.7. The minimum absolute atomic E-state index is 0.0886. The molecule has 1 aromatic carbocycles. The molecule has 23 heavy (non-hydrogen) atoms. The fourth-order valence-corrected chi connectivity index (χ4v) is 4.04. The smallest absolute Gasteiger partial charge is 0.265 e. The number of hydrogen-bond acceptors (Lipinski definition) is 3. The van der Waals surface area contributed by atoms with Crippen LogP contribution in [0.1, 0.15) is 37.9 Å². The highest BCUT2D eigenvalue weighted by molar-refractivity contribution is 7.13. The lowest BCUT2D eigenvalue weighted by atomic mass is 9.98. The van der Waals surface area contributed by atoms with Crippen LogP contribution in [0.15, 0.2) is 18.2 Å². The number of amides is 1. The van der Waals surface area contributed by atoms with Crippen molar-refractivity contribution >= 4 is 17.2 Å². The highest BCUT2D eigenvalue weighted by Crippen LogP contribution is 2.26. The summed E-state index contributed by atoms with van der Waals surface area (Å²) in [7, 11) is 0. The first-order valence-corrected chi connectivity index (χ1v) is 8.74. The van der Waals surface area contributed by atoms with Gasteiger partial charge in [-0.2, -0.15) is 0 Å². The number of aromatic nitrogens is 1. The van der Waals surface area contributed by atoms with Crippen LogP contribution in [-0.2, 0) is 6.42 Å². The number of thiazole rings is 1. The molecule has 1 saturated heterocycles. The van der Waals surface area contributed by atoms with E-state index in [1.165, 1.54) is 11.3 Å². The van der Waals surface area contributed by atoms with E-state index < -0.39 is 0 Å². The maximum Gasteiger partial charge on any atom is 0.265 e. The number of carbonyl (C=O) groups is 1. The first-order chi connectivity index (χ1) is 10.9. The normalized spacial score (nSPS) is 17.7. The third-order valence-electron chi connectivity index (χ3n) is 4.43. The molecule has 3 nitrogen and oxygen atoms in total. The molecule has 3 rings (SSSR count). The van der Waals surface area contributed by atoms with E-state index in [9.17, 15) is 9.18 Å². The topological polar surface area (TPSA) is 33.2 Å². The Labute approximate surface area is 140 Å². The number of benzene rings is 1. The molecule has 0 radical (unpaired) electrons. The molecule has 1 atom stereocenters. The Morgan fingerprint density at radius 2 is 2.17 bits per heavy atom. The first-order valence-electron chi connectivity index (χ1n) is 7.92. The van der Waals surface area contributed by atoms with Crippen molar-refractivity contribution in [3.05, 3.63) is 50.7 Å². The summed E-state index contributed by atoms with van der Waals surface area (Å²) in [6.07, 6.45) is 1.79. The number of rotatable bonds is 3. The number of halogens is 1. The van der Waals surface area contributed by atoms with Gasteiger partial charge in [-0.05, 0) is 56.7 Å². The van der Waals surface area contributed by atoms with Crippen LogP contribution >= 0.6 is 11.3 Å². The van der Waals surface area contributed by atoms with Crippen LogP contribution in [0.2, 0.25) is 0 Å². The summed E-state index contributed by atoms with van der Waals surface area (Å²) in [6, 6.07) is 5.43. The van der Waals surface area contributed by atoms with Gasteiger partial charge in [0.25, 0.3) is 5.91 Å². The van der Waals surface area contributed by atoms with Gasteiger partial charge in [-0.1, -0.05) is 12.1 Å². The van der Waals surface area contributed by atoms with E-state index in [0.717, 1.165) is 47.1 Å². The van der Waals surface area contributed by atoms with Gasteiger partial charge in [-0.25, -0.2) is 9.37 Å². The molecule has 0 N–H and O–H groups in total. The molecule has 1 unspecified atom stereocenters. The Morgan fingerprint density at radius 1 is 1.39 bits per heavy atom. The van der Waals surface area contributed by atoms with Gasteiger partial charge in [0.05, 0.1) is 10.7 Å². The Bertz CT molecular complexity index is 741. The van der Waals surface area contributed by atoms with Crippen LogP contribution in [0.25, 0.3) is 0 Å². The molecule has 0 bridgehead atoms. The third-order valence-corrected chi connectivity index (χ3v) is 5.49. The zero-order valence-corrected chi connectivity index (χ0v) is 14.5. The van der Waals surface area contributed by atoms with E-state index in [4.69, 9.17) is 0 Å². The monoisotopic (exact) mass is 332 g/mol. The van der Waals surface area contributed by atoms with Crippen LogP contribution in [0.4, 0.5) is 4.39 Å². The summed E-state index contributed by atoms with van der Waals surface area (Å²) in [5.74, 6) is 0.338. The summed E-state index contributed by atoms with van der Waals surface area (Å²) >= 11 is 1.47. The van der Waals surface area contributed by atoms with E-state index in [2.05, 4.69) is 4.98 Å². The molecule has 1 amide bonds. The zero-order valence-electron chi connectivity index (χ0n) is 13.7. The van der Waals surface area contributed by atoms with Crippen molar-refractivity contribution in [3.8, 4) is 0 Å². The molecule has 2 heterocycles. The molecule has 2 aromatic rings. The largest absolute Gasteiger partial charge is 0.338 e. The second-order valence-electron chi connectivity index (χ2n) is 6.34. The van der Waals surface area contributed by atoms with Crippen LogP contribution in [0.5, 0.6) is 0 Å². The first kappa shape index (κ1) is 16.1. The van der Waals surface area contributed by atoms with Crippen LogP contribution in [0.3, 0.4) is 0 Å². The molecule has 1 fully saturated rings. The van der Waals surface area contributed by atoms with Crippen molar-refractivity contribution in [2.24, 2.45) is 5.92 Å². The summed E-state index contributed by atoms with van der Waals surface area (Å²) in [6.45, 7) is 7.10. The second-order valence-corrected chi connectivity index (χ2v) is 7.54. The number of aryl methyl sites for hydroxylation is 3. The van der Waals surface area contributed by atoms with Gasteiger partial charge in [-0.15, -0.1) is 11.3 Å². The van der Waals surface area contributed by atoms with Crippen LogP contribution < -0.4 is 0 Å². The summed E-state index contributed by atoms with van der Waals surface area (Å²) < 4.78 is 13.7. The second kappa shape index (κ2) is 6.40. The van der Waals surface area contributed by atoms with Gasteiger partial charge in [0.1, 0.15) is 10.7 Å². The summed E-state index contributed by atoms with van der Waals surface area (Å²) in [5, 5.41) is 0.928. The quantitative estimate of drug-likeness (QED) is 0.854. The van der Waals surface area contributed by atoms with Crippen molar-refractivity contribution in [2.75, 3.05) is 13.1 Å². The number of nitrogens with zero attached hydrogens (tertiary/aromatic N) is 2. The fourth-order valence-electron chi connectivity index (χ4n) is 3.15. The van der Waals surface area contributed by atoms with Crippen molar-refractivity contribution in [1.29, 1.82) is 0 Å². The summed E-state index contributed by atoms with van der Waals surface area (Å²) in [4.78, 5) is 19.6. The third kappa shape index (κ3) is 3.44. The highest BCUT2D eigenvalue weighted by atomic mass is 32.1. The van der Waals surface area contributed by atoms with E-state index in [1.54, 1.807) is 13.0 Å². The molecule has 122 valence electrons. The molecular weight excluding hydrogens is 311 g/mol. The van der Waals surface area contributed by atoms with Crippen molar-refractivity contribution in [2.45, 2.75) is 33.6 Å². The number of carbonyl (C=O) groups excluding carboxylic acids is 1. The van der Waals surface area contributed by atoms with E-state index >= 15 is 0 Å². The highest BCUT2D eigenvalue weighted by Gasteiger charge is 2.29. The Hall–Kier alpha value is -1.75. The molecule has 0 aliphatic carbocycles. The Morgan fingerprint density at radius 3 is 2.83 bits per heavy atom. The number of hydrogen-bond donors (Lipinski definition) is 0. The predicted octanol–water partition coefficient (Wildman–Crippen LogP) is 3.91. The fraction of sp³-hybridized carbons (Fsp3) is 0.444. The van der Waals surface area contributed by atoms with Crippen LogP contribution in [-0.4, -0.2) is 28.9 Å². The van der Waals surface area contributed by atoms with Gasteiger partial charge >= 0.3 is 0 Å². The minimum Gasteiger partial charge on any atom is -0.338 e. The van der Waals surface area contributed by atoms with Gasteiger partial charge in [0.2, 0.25) is 0 Å². The summed E-state index contributed by atoms with van der Waals surface area (Å²) in [5.41, 5.74) is 2.51. The molecule has 0 saturated carbocycles. The maximum absolute atomic E-state index is 13.7. The Kier molecular flexibility index (Phi) is 4.48. The SMILES string of the molecule is Cc1nc(C)c(C(=O)N2CCC(Cc3ccc(C)c(F)c3)C2)s1. The molecular formula is C18H21FN2OS. The predicted molar refractivity (Wildman–Crippen MR) is 90.4 cm³/mol. The van der Waals surface area contributed by atoms with Gasteiger partial charge in [0, 0.05) is 13.1 Å². The Balaban J connectivity index is 1.65. The molecule has 0 spiro atoms. The van der Waals surface area contributed by atoms with E-state index in [1.807, 2.05) is 30.9 Å². The standard InChI is InChI=1S/C18H21FN2OS/c1-11-4-5-14(9-16(11)19)8-15-6-7-21(10-15)18(22)17-12(2)20-13(3)23-17/h4-5,9,15H,6-8,10H2,1-3H3. The van der Waals surface area contributed by atoms with Crippen molar-refractivity contribution in [3.63, 3.8) is 0 Å². The zero-order chi connectivity index (χ0) is 16.6. The average molecular weight is 332 g/mol. The van der Waals surface area contributed by atoms with Crippen molar-refractivity contribution < 1.29 is 9.18 Å². The molecule has 1 aliphatic heterocycles. The molecule has 1 aromatic heterocycles. The van der Waals surface area contributed by atoms with Crippen LogP contribution in [0, 0.1) is 32.5 Å². The average Bonchev–Trinajstić information content (AvgIpc) is 3.09. The molecule has 5 heteroatoms. The molecule has 1 aliphatic rings. The minimum atomic E-state index is -0.149. The lowest BCUT2D eigenvalue weighted by Gasteiger charge is -2.16. The lowest BCUT2D eigenvalue weighted by molar-refractivity contribution is 0.0791. The lowest BCUT2D eigenvalue weighted by Crippen LogP contribution is -2.28. The number of likely N-dealkylation sites (tertiary alicyclic amines) is 1. The van der Waals surface area contributed by atoms with E-state index in [-0.39, 0.29) is 11.7 Å². The van der Waals surface area contributed by atoms with Gasteiger partial charge in [0.15, 0.2) is 0 Å². The van der Waals surface area contributed by atoms with Crippen molar-refractivity contribution in [1.82, 2.24) is 9.88 Å².